The Kier molecular flexibility index (Phi) is 9.40. The van der Waals surface area contributed by atoms with Gasteiger partial charge in [-0.15, -0.1) is 0 Å². The first kappa shape index (κ1) is 27.9. The minimum Gasteiger partial charge on any atom is -0.372 e. The standard InChI is InChI=1S/C27H33N7O5/c1-3-7-33(18-38-2)23-12-24(29-14-21(23)13-28)31-27(37)34-9-4-6-19-11-20(22(16-35)30-26(19)34)15-32-8-5-10-39-17-25(32)36/h11-12,14,16H,3-10,15,17-18H2,1-2H3,(H,29,31,37). The molecule has 2 aromatic heterocycles. The van der Waals surface area contributed by atoms with Crippen LogP contribution in [0.2, 0.25) is 0 Å². The van der Waals surface area contributed by atoms with Crippen LogP contribution in [0.3, 0.4) is 0 Å². The highest BCUT2D eigenvalue weighted by Gasteiger charge is 2.28. The van der Waals surface area contributed by atoms with Gasteiger partial charge in [0.2, 0.25) is 5.91 Å². The average molecular weight is 536 g/mol. The Morgan fingerprint density at radius 1 is 1.33 bits per heavy atom. The second-order valence-electron chi connectivity index (χ2n) is 9.42. The number of aromatic nitrogens is 2. The molecule has 39 heavy (non-hydrogen) atoms. The number of pyridine rings is 2. The molecule has 0 atom stereocenters. The number of hydrogen-bond donors (Lipinski definition) is 1. The highest BCUT2D eigenvalue weighted by Crippen LogP contribution is 2.29. The molecule has 0 unspecified atom stereocenters. The fourth-order valence-electron chi connectivity index (χ4n) is 4.81. The van der Waals surface area contributed by atoms with Gasteiger partial charge in [-0.25, -0.2) is 14.8 Å². The average Bonchev–Trinajstić information content (AvgIpc) is 3.15. The van der Waals surface area contributed by atoms with Crippen molar-refractivity contribution < 1.29 is 23.9 Å². The van der Waals surface area contributed by atoms with Crippen molar-refractivity contribution in [3.8, 4) is 6.07 Å². The van der Waals surface area contributed by atoms with Crippen molar-refractivity contribution in [2.45, 2.75) is 39.2 Å². The van der Waals surface area contributed by atoms with Gasteiger partial charge in [-0.1, -0.05) is 6.92 Å². The van der Waals surface area contributed by atoms with E-state index in [-0.39, 0.29) is 37.3 Å². The number of carbonyl (C=O) groups is 3. The Labute approximate surface area is 227 Å². The van der Waals surface area contributed by atoms with Gasteiger partial charge in [-0.2, -0.15) is 5.26 Å². The molecule has 4 heterocycles. The normalized spacial score (nSPS) is 15.3. The van der Waals surface area contributed by atoms with Crippen LogP contribution in [0.5, 0.6) is 0 Å². The number of ether oxygens (including phenoxy) is 2. The second-order valence-corrected chi connectivity index (χ2v) is 9.42. The van der Waals surface area contributed by atoms with Gasteiger partial charge in [0.25, 0.3) is 0 Å². The van der Waals surface area contributed by atoms with E-state index in [1.807, 2.05) is 17.9 Å². The lowest BCUT2D eigenvalue weighted by Crippen LogP contribution is -2.40. The molecule has 0 saturated carbocycles. The molecule has 4 rings (SSSR count). The predicted molar refractivity (Wildman–Crippen MR) is 144 cm³/mol. The van der Waals surface area contributed by atoms with Gasteiger partial charge >= 0.3 is 6.03 Å². The summed E-state index contributed by atoms with van der Waals surface area (Å²) in [6.07, 6.45) is 5.06. The van der Waals surface area contributed by atoms with Crippen molar-refractivity contribution in [2.75, 3.05) is 61.8 Å². The number of methoxy groups -OCH3 is 1. The highest BCUT2D eigenvalue weighted by atomic mass is 16.5. The largest absolute Gasteiger partial charge is 0.372 e. The van der Waals surface area contributed by atoms with E-state index in [1.165, 1.54) is 11.1 Å². The molecule has 0 bridgehead atoms. The smallest absolute Gasteiger partial charge is 0.328 e. The lowest BCUT2D eigenvalue weighted by atomic mass is 10.0. The number of carbonyl (C=O) groups excluding carboxylic acids is 3. The van der Waals surface area contributed by atoms with Gasteiger partial charge in [0.15, 0.2) is 6.29 Å². The zero-order valence-corrected chi connectivity index (χ0v) is 22.3. The third kappa shape index (κ3) is 6.50. The van der Waals surface area contributed by atoms with E-state index in [0.29, 0.717) is 68.0 Å². The molecular weight excluding hydrogens is 502 g/mol. The number of anilines is 3. The third-order valence-electron chi connectivity index (χ3n) is 6.64. The van der Waals surface area contributed by atoms with E-state index in [2.05, 4.69) is 21.4 Å². The fourth-order valence-corrected chi connectivity index (χ4v) is 4.81. The fraction of sp³-hybridized carbons (Fsp3) is 0.481. The predicted octanol–water partition coefficient (Wildman–Crippen LogP) is 2.71. The summed E-state index contributed by atoms with van der Waals surface area (Å²) >= 11 is 0. The zero-order valence-electron chi connectivity index (χ0n) is 22.3. The van der Waals surface area contributed by atoms with Gasteiger partial charge in [-0.05, 0) is 37.3 Å². The SMILES string of the molecule is CCCN(COC)c1cc(NC(=O)N2CCCc3cc(CN4CCCOCC4=O)c(C=O)nc32)ncc1C#N. The number of nitrogens with zero attached hydrogens (tertiary/aromatic N) is 6. The van der Waals surface area contributed by atoms with E-state index in [0.717, 1.165) is 18.4 Å². The van der Waals surface area contributed by atoms with Crippen molar-refractivity contribution >= 4 is 35.5 Å². The maximum absolute atomic E-state index is 13.4. The number of hydrogen-bond acceptors (Lipinski definition) is 9. The molecule has 1 N–H and O–H groups in total. The highest BCUT2D eigenvalue weighted by molar-refractivity contribution is 6.02. The summed E-state index contributed by atoms with van der Waals surface area (Å²) < 4.78 is 10.6. The Hall–Kier alpha value is -4.08. The molecule has 2 aliphatic rings. The molecule has 12 nitrogen and oxygen atoms in total. The number of rotatable bonds is 9. The van der Waals surface area contributed by atoms with Crippen LogP contribution in [0, 0.1) is 11.3 Å². The molecule has 0 aliphatic carbocycles. The summed E-state index contributed by atoms with van der Waals surface area (Å²) in [6, 6.07) is 5.23. The molecule has 0 radical (unpaired) electrons. The molecule has 2 aromatic rings. The maximum atomic E-state index is 13.4. The summed E-state index contributed by atoms with van der Waals surface area (Å²) in [5.74, 6) is 0.573. The minimum absolute atomic E-state index is 0.0233. The zero-order chi connectivity index (χ0) is 27.8. The van der Waals surface area contributed by atoms with Gasteiger partial charge in [0.05, 0.1) is 11.3 Å². The number of fused-ring (bicyclic) bond motifs is 1. The summed E-state index contributed by atoms with van der Waals surface area (Å²) in [5, 5.41) is 12.4. The molecule has 0 aromatic carbocycles. The Balaban J connectivity index is 1.57. The molecule has 2 aliphatic heterocycles. The van der Waals surface area contributed by atoms with Crippen molar-refractivity contribution in [2.24, 2.45) is 0 Å². The number of nitrogens with one attached hydrogen (secondary N) is 1. The Bertz CT molecular complexity index is 1260. The Morgan fingerprint density at radius 3 is 2.92 bits per heavy atom. The van der Waals surface area contributed by atoms with Crippen LogP contribution in [-0.2, 0) is 27.2 Å². The van der Waals surface area contributed by atoms with Gasteiger partial charge in [0, 0.05) is 57.7 Å². The van der Waals surface area contributed by atoms with Gasteiger partial charge in [-0.3, -0.25) is 19.8 Å². The van der Waals surface area contributed by atoms with E-state index in [9.17, 15) is 19.6 Å². The van der Waals surface area contributed by atoms with Crippen LogP contribution < -0.4 is 15.1 Å². The quantitative estimate of drug-likeness (QED) is 0.379. The molecule has 12 heteroatoms. The minimum atomic E-state index is -0.440. The van der Waals surface area contributed by atoms with E-state index >= 15 is 0 Å². The third-order valence-corrected chi connectivity index (χ3v) is 6.64. The monoisotopic (exact) mass is 535 g/mol. The summed E-state index contributed by atoms with van der Waals surface area (Å²) in [6.45, 7) is 4.74. The number of nitriles is 1. The van der Waals surface area contributed by atoms with Crippen LogP contribution in [0.25, 0.3) is 0 Å². The second kappa shape index (κ2) is 13.1. The van der Waals surface area contributed by atoms with Crippen molar-refractivity contribution in [1.29, 1.82) is 5.26 Å². The maximum Gasteiger partial charge on any atom is 0.328 e. The number of amides is 3. The van der Waals surface area contributed by atoms with Crippen molar-refractivity contribution in [1.82, 2.24) is 14.9 Å². The van der Waals surface area contributed by atoms with Crippen LogP contribution in [-0.4, -0.2) is 79.8 Å². The van der Waals surface area contributed by atoms with Crippen molar-refractivity contribution in [3.05, 3.63) is 40.7 Å². The van der Waals surface area contributed by atoms with E-state index < -0.39 is 6.03 Å². The molecule has 1 saturated heterocycles. The lowest BCUT2D eigenvalue weighted by Gasteiger charge is -2.30. The Morgan fingerprint density at radius 2 is 2.18 bits per heavy atom. The van der Waals surface area contributed by atoms with Crippen LogP contribution >= 0.6 is 0 Å². The summed E-state index contributed by atoms with van der Waals surface area (Å²) in [4.78, 5) is 51.6. The van der Waals surface area contributed by atoms with E-state index in [1.54, 1.807) is 18.1 Å². The number of aryl methyl sites for hydroxylation is 1. The number of urea groups is 1. The molecule has 0 spiro atoms. The van der Waals surface area contributed by atoms with Crippen LogP contribution in [0.1, 0.15) is 53.4 Å². The van der Waals surface area contributed by atoms with Gasteiger partial charge < -0.3 is 19.3 Å². The lowest BCUT2D eigenvalue weighted by molar-refractivity contribution is -0.134. The first-order chi connectivity index (χ1) is 19.0. The molecule has 206 valence electrons. The summed E-state index contributed by atoms with van der Waals surface area (Å²) in [5.41, 5.74) is 2.66. The number of aldehydes is 1. The molecule has 3 amide bonds. The first-order valence-electron chi connectivity index (χ1n) is 13.0. The summed E-state index contributed by atoms with van der Waals surface area (Å²) in [7, 11) is 1.58. The van der Waals surface area contributed by atoms with Crippen molar-refractivity contribution in [3.63, 3.8) is 0 Å². The molecular formula is C27H33N7O5. The molecule has 1 fully saturated rings. The first-order valence-corrected chi connectivity index (χ1v) is 13.0. The van der Waals surface area contributed by atoms with E-state index in [4.69, 9.17) is 9.47 Å². The topological polar surface area (TPSA) is 141 Å². The van der Waals surface area contributed by atoms with Crippen LogP contribution in [0.15, 0.2) is 18.3 Å². The van der Waals surface area contributed by atoms with Crippen LogP contribution in [0.4, 0.5) is 22.1 Å². The van der Waals surface area contributed by atoms with Gasteiger partial charge in [0.1, 0.15) is 36.7 Å².